The summed E-state index contributed by atoms with van der Waals surface area (Å²) in [6, 6.07) is 24.1. The molecule has 41 heavy (non-hydrogen) atoms. The van der Waals surface area contributed by atoms with E-state index in [-0.39, 0.29) is 39.5 Å². The molecule has 0 saturated heterocycles. The molecule has 0 saturated carbocycles. The molecule has 0 spiro atoms. The van der Waals surface area contributed by atoms with Crippen molar-refractivity contribution in [1.82, 2.24) is 0 Å². The van der Waals surface area contributed by atoms with E-state index in [1.165, 1.54) is 24.3 Å². The summed E-state index contributed by atoms with van der Waals surface area (Å²) >= 11 is 1.11. The van der Waals surface area contributed by atoms with E-state index in [1.807, 2.05) is 62.4 Å². The Morgan fingerprint density at radius 2 is 1.68 bits per heavy atom. The van der Waals surface area contributed by atoms with Gasteiger partial charge in [0.15, 0.2) is 15.6 Å². The van der Waals surface area contributed by atoms with Gasteiger partial charge in [0, 0.05) is 11.0 Å². The summed E-state index contributed by atoms with van der Waals surface area (Å²) in [5.74, 6) is -0.404. The van der Waals surface area contributed by atoms with E-state index >= 15 is 0 Å². The number of aryl methyl sites for hydroxylation is 2. The zero-order valence-electron chi connectivity index (χ0n) is 22.3. The molecule has 4 aromatic rings. The van der Waals surface area contributed by atoms with E-state index in [0.717, 1.165) is 34.0 Å². The van der Waals surface area contributed by atoms with Crippen LogP contribution in [-0.4, -0.2) is 19.2 Å². The Morgan fingerprint density at radius 3 is 2.39 bits per heavy atom. The van der Waals surface area contributed by atoms with Crippen LogP contribution in [0.5, 0.6) is 5.75 Å². The van der Waals surface area contributed by atoms with Crippen LogP contribution in [0.25, 0.3) is 6.08 Å². The van der Waals surface area contributed by atoms with E-state index in [2.05, 4.69) is 5.32 Å². The van der Waals surface area contributed by atoms with Gasteiger partial charge in [0.05, 0.1) is 26.2 Å². The summed E-state index contributed by atoms with van der Waals surface area (Å²) in [4.78, 5) is 25.1. The number of benzene rings is 4. The predicted octanol–water partition coefficient (Wildman–Crippen LogP) is 6.85. The minimum atomic E-state index is -3.66. The number of carbonyl (C=O) groups is 1. The van der Waals surface area contributed by atoms with E-state index in [9.17, 15) is 23.3 Å². The Balaban J connectivity index is 1.40. The van der Waals surface area contributed by atoms with Gasteiger partial charge in [-0.2, -0.15) is 0 Å². The second kappa shape index (κ2) is 11.6. The Kier molecular flexibility index (Phi) is 7.96. The topological polar surface area (TPSA) is 116 Å². The summed E-state index contributed by atoms with van der Waals surface area (Å²) in [7, 11) is -3.66. The van der Waals surface area contributed by atoms with Crippen LogP contribution in [0, 0.1) is 24.0 Å². The Hall–Kier alpha value is -4.41. The highest BCUT2D eigenvalue weighted by Gasteiger charge is 2.25. The SMILES string of the molecule is Cc1cccc(C)c1CS(=O)(=O)c1ccc2c(c1)S/C(=C\c1ccc(OCc3ccccc3)c([N+](=O)[O-])c1)C(=O)N2. The molecule has 0 atom stereocenters. The molecule has 0 radical (unpaired) electrons. The fourth-order valence-corrected chi connectivity index (χ4v) is 7.09. The molecule has 1 N–H and O–H groups in total. The minimum Gasteiger partial charge on any atom is -0.482 e. The molecule has 8 nitrogen and oxygen atoms in total. The first kappa shape index (κ1) is 28.1. The second-order valence-corrected chi connectivity index (χ2v) is 12.7. The number of nitrogens with zero attached hydrogens (tertiary/aromatic N) is 1. The summed E-state index contributed by atoms with van der Waals surface area (Å²) in [5, 5.41) is 14.6. The maximum absolute atomic E-state index is 13.3. The maximum Gasteiger partial charge on any atom is 0.311 e. The number of thioether (sulfide) groups is 1. The van der Waals surface area contributed by atoms with Crippen LogP contribution in [0.4, 0.5) is 11.4 Å². The highest BCUT2D eigenvalue weighted by molar-refractivity contribution is 8.04. The third-order valence-electron chi connectivity index (χ3n) is 6.70. The third kappa shape index (κ3) is 6.34. The van der Waals surface area contributed by atoms with Crippen LogP contribution >= 0.6 is 11.8 Å². The van der Waals surface area contributed by atoms with Crippen molar-refractivity contribution in [2.75, 3.05) is 5.32 Å². The lowest BCUT2D eigenvalue weighted by Crippen LogP contribution is -2.18. The van der Waals surface area contributed by atoms with Crippen LogP contribution in [0.1, 0.15) is 27.8 Å². The first-order valence-corrected chi connectivity index (χ1v) is 15.2. The quantitative estimate of drug-likeness (QED) is 0.136. The van der Waals surface area contributed by atoms with Gasteiger partial charge < -0.3 is 10.1 Å². The molecule has 0 unspecified atom stereocenters. The Labute approximate surface area is 242 Å². The summed E-state index contributed by atoms with van der Waals surface area (Å²) in [6.45, 7) is 3.95. The predicted molar refractivity (Wildman–Crippen MR) is 160 cm³/mol. The number of nitro groups is 1. The molecule has 0 aliphatic carbocycles. The lowest BCUT2D eigenvalue weighted by molar-refractivity contribution is -0.386. The molecule has 208 valence electrons. The first-order valence-electron chi connectivity index (χ1n) is 12.7. The summed E-state index contributed by atoms with van der Waals surface area (Å²) in [6.07, 6.45) is 1.54. The molecule has 1 amide bonds. The van der Waals surface area contributed by atoms with Crippen molar-refractivity contribution in [3.8, 4) is 5.75 Å². The van der Waals surface area contributed by atoms with Gasteiger partial charge in [0.25, 0.3) is 5.91 Å². The van der Waals surface area contributed by atoms with Crippen molar-refractivity contribution in [2.24, 2.45) is 0 Å². The molecule has 1 aliphatic rings. The van der Waals surface area contributed by atoms with E-state index in [0.29, 0.717) is 16.1 Å². The molecular formula is C31H26N2O6S2. The molecule has 1 heterocycles. The van der Waals surface area contributed by atoms with Crippen LogP contribution in [0.15, 0.2) is 99.6 Å². The van der Waals surface area contributed by atoms with E-state index in [1.54, 1.807) is 18.2 Å². The maximum atomic E-state index is 13.3. The van der Waals surface area contributed by atoms with Crippen LogP contribution < -0.4 is 10.1 Å². The number of carbonyl (C=O) groups excluding carboxylic acids is 1. The number of nitro benzene ring substituents is 1. The van der Waals surface area contributed by atoms with E-state index in [4.69, 9.17) is 4.74 Å². The van der Waals surface area contributed by atoms with Gasteiger partial charge >= 0.3 is 5.69 Å². The van der Waals surface area contributed by atoms with Gasteiger partial charge in [-0.3, -0.25) is 14.9 Å². The molecular weight excluding hydrogens is 560 g/mol. The van der Waals surface area contributed by atoms with Crippen molar-refractivity contribution in [3.05, 3.63) is 128 Å². The zero-order chi connectivity index (χ0) is 29.1. The number of nitrogens with one attached hydrogen (secondary N) is 1. The molecule has 1 aliphatic heterocycles. The van der Waals surface area contributed by atoms with Crippen molar-refractivity contribution in [1.29, 1.82) is 0 Å². The highest BCUT2D eigenvalue weighted by Crippen LogP contribution is 2.41. The Morgan fingerprint density at radius 1 is 0.951 bits per heavy atom. The lowest BCUT2D eigenvalue weighted by Gasteiger charge is -2.20. The largest absolute Gasteiger partial charge is 0.482 e. The molecule has 0 fully saturated rings. The number of hydrogen-bond acceptors (Lipinski definition) is 7. The normalized spacial score (nSPS) is 13.9. The fraction of sp³-hybridized carbons (Fsp3) is 0.129. The number of rotatable bonds is 8. The molecule has 5 rings (SSSR count). The fourth-order valence-electron chi connectivity index (χ4n) is 4.45. The number of fused-ring (bicyclic) bond motifs is 1. The monoisotopic (exact) mass is 586 g/mol. The molecule has 0 bridgehead atoms. The van der Waals surface area contributed by atoms with E-state index < -0.39 is 14.8 Å². The minimum absolute atomic E-state index is 0.117. The van der Waals surface area contributed by atoms with Crippen molar-refractivity contribution in [3.63, 3.8) is 0 Å². The van der Waals surface area contributed by atoms with Gasteiger partial charge in [-0.15, -0.1) is 0 Å². The van der Waals surface area contributed by atoms with Gasteiger partial charge in [-0.05, 0) is 72.0 Å². The van der Waals surface area contributed by atoms with Crippen molar-refractivity contribution < 1.29 is 22.9 Å². The number of ether oxygens (including phenoxy) is 1. The van der Waals surface area contributed by atoms with Crippen LogP contribution in [-0.2, 0) is 27.0 Å². The van der Waals surface area contributed by atoms with Crippen LogP contribution in [0.2, 0.25) is 0 Å². The smallest absolute Gasteiger partial charge is 0.311 e. The first-order chi connectivity index (χ1) is 19.6. The number of hydrogen-bond donors (Lipinski definition) is 1. The highest BCUT2D eigenvalue weighted by atomic mass is 32.2. The van der Waals surface area contributed by atoms with Gasteiger partial charge in [0.2, 0.25) is 0 Å². The van der Waals surface area contributed by atoms with Gasteiger partial charge in [-0.1, -0.05) is 66.4 Å². The third-order valence-corrected chi connectivity index (χ3v) is 9.42. The second-order valence-electron chi connectivity index (χ2n) is 9.61. The van der Waals surface area contributed by atoms with Crippen LogP contribution in [0.3, 0.4) is 0 Å². The number of sulfone groups is 1. The molecule has 4 aromatic carbocycles. The molecule has 10 heteroatoms. The summed E-state index contributed by atoms with van der Waals surface area (Å²) in [5.41, 5.74) is 4.16. The average molecular weight is 587 g/mol. The van der Waals surface area contributed by atoms with Gasteiger partial charge in [-0.25, -0.2) is 8.42 Å². The van der Waals surface area contributed by atoms with Crippen molar-refractivity contribution >= 4 is 45.0 Å². The number of amides is 1. The Bertz CT molecular complexity index is 1780. The van der Waals surface area contributed by atoms with Crippen molar-refractivity contribution in [2.45, 2.75) is 36.0 Å². The lowest BCUT2D eigenvalue weighted by atomic mass is 10.1. The average Bonchev–Trinajstić information content (AvgIpc) is 2.95. The molecule has 0 aromatic heterocycles. The number of anilines is 1. The standard InChI is InChI=1S/C31H26N2O6S2/c1-20-7-6-8-21(2)25(20)19-41(37,38)24-12-13-26-29(17-24)40-30(31(34)32-26)16-23-11-14-28(27(15-23)33(35)36)39-18-22-9-4-3-5-10-22/h3-17H,18-19H2,1-2H3,(H,32,34)/b30-16-. The zero-order valence-corrected chi connectivity index (χ0v) is 23.9. The van der Waals surface area contributed by atoms with Gasteiger partial charge in [0.1, 0.15) is 6.61 Å². The summed E-state index contributed by atoms with van der Waals surface area (Å²) < 4.78 is 32.3.